The topological polar surface area (TPSA) is 58.9 Å². The minimum atomic E-state index is -3.31. The number of nitrogens with one attached hydrogen (secondary N) is 1. The van der Waals surface area contributed by atoms with Gasteiger partial charge in [0.15, 0.2) is 5.78 Å². The molecule has 5 nitrogen and oxygen atoms in total. The van der Waals surface area contributed by atoms with Crippen molar-refractivity contribution in [3.63, 3.8) is 0 Å². The van der Waals surface area contributed by atoms with E-state index in [1.54, 1.807) is 4.31 Å². The minimum absolute atomic E-state index is 0.105. The zero-order valence-corrected chi connectivity index (χ0v) is 16.0. The summed E-state index contributed by atoms with van der Waals surface area (Å²) in [6.45, 7) is 6.89. The smallest absolute Gasteiger partial charge is 0.215 e. The Kier molecular flexibility index (Phi) is 4.03. The van der Waals surface area contributed by atoms with E-state index in [9.17, 15) is 13.2 Å². The van der Waals surface area contributed by atoms with Crippen molar-refractivity contribution >= 4 is 31.7 Å². The molecule has 3 rings (SSSR count). The molecule has 1 aliphatic heterocycles. The van der Waals surface area contributed by atoms with E-state index in [4.69, 9.17) is 0 Å². The predicted octanol–water partition coefficient (Wildman–Crippen LogP) is -0.0847. The highest BCUT2D eigenvalue weighted by Gasteiger charge is 2.68. The summed E-state index contributed by atoms with van der Waals surface area (Å²) in [6, 6.07) is 0. The minimum Gasteiger partial charge on any atom is -0.335 e. The van der Waals surface area contributed by atoms with E-state index >= 15 is 0 Å². The zero-order valence-electron chi connectivity index (χ0n) is 13.6. The highest BCUT2D eigenvalue weighted by atomic mass is 79.9. The van der Waals surface area contributed by atoms with E-state index in [0.29, 0.717) is 13.1 Å². The first kappa shape index (κ1) is 16.9. The van der Waals surface area contributed by atoms with Crippen molar-refractivity contribution in [2.45, 2.75) is 31.5 Å². The van der Waals surface area contributed by atoms with Crippen molar-refractivity contribution in [2.24, 2.45) is 16.7 Å². The van der Waals surface area contributed by atoms with E-state index in [1.165, 1.54) is 4.90 Å². The number of rotatable bonds is 3. The molecule has 7 heteroatoms. The normalized spacial score (nSPS) is 43.9. The molecule has 1 N–H and O–H groups in total. The molecular weight excluding hydrogens is 368 g/mol. The molecule has 1 saturated heterocycles. The van der Waals surface area contributed by atoms with Crippen molar-refractivity contribution in [2.75, 3.05) is 39.0 Å². The van der Waals surface area contributed by atoms with Gasteiger partial charge in [0, 0.05) is 5.41 Å². The number of nitrogens with zero attached hydrogens (tertiary/aromatic N) is 1. The number of carbonyl (C=O) groups excluding carboxylic acids is 1. The van der Waals surface area contributed by atoms with Crippen LogP contribution in [-0.4, -0.2) is 62.3 Å². The molecule has 1 heterocycles. The summed E-state index contributed by atoms with van der Waals surface area (Å²) in [6.07, 6.45) is 1.76. The van der Waals surface area contributed by atoms with Crippen LogP contribution < -0.4 is 4.90 Å². The van der Waals surface area contributed by atoms with Gasteiger partial charge in [-0.25, -0.2) is 8.42 Å². The fourth-order valence-corrected chi connectivity index (χ4v) is 8.27. The van der Waals surface area contributed by atoms with Crippen LogP contribution in [0.1, 0.15) is 26.7 Å². The highest BCUT2D eigenvalue weighted by molar-refractivity contribution is 9.10. The summed E-state index contributed by atoms with van der Waals surface area (Å²) in [4.78, 5) is 13.7. The number of Topliss-reactive ketones (excluding diaryl/α,β-unsaturated/α-hetero) is 1. The van der Waals surface area contributed by atoms with Crippen LogP contribution in [0.5, 0.6) is 0 Å². The lowest BCUT2D eigenvalue weighted by atomic mass is 9.70. The number of likely N-dealkylation sites (N-methyl/N-ethyl adjacent to an activating group) is 1. The van der Waals surface area contributed by atoms with Gasteiger partial charge in [-0.3, -0.25) is 4.79 Å². The SMILES string of the molecule is C[NH+]1CCN(S(=O)(=O)C[C@]2(C)[C@H]3CC[C@]2(C)C(=O)[C@H]3Br)CC1. The fourth-order valence-electron chi connectivity index (χ4n) is 4.70. The Morgan fingerprint density at radius 3 is 2.41 bits per heavy atom. The van der Waals surface area contributed by atoms with Crippen LogP contribution >= 0.6 is 15.9 Å². The third-order valence-corrected chi connectivity index (χ3v) is 9.80. The first-order valence-corrected chi connectivity index (χ1v) is 10.6. The van der Waals surface area contributed by atoms with Gasteiger partial charge in [0.1, 0.15) is 0 Å². The monoisotopic (exact) mass is 393 g/mol. The van der Waals surface area contributed by atoms with Crippen molar-refractivity contribution in [3.8, 4) is 0 Å². The summed E-state index contributed by atoms with van der Waals surface area (Å²) in [5.41, 5.74) is -0.954. The molecule has 0 aromatic rings. The Morgan fingerprint density at radius 1 is 1.32 bits per heavy atom. The fraction of sp³-hybridized carbons (Fsp3) is 0.933. The molecule has 22 heavy (non-hydrogen) atoms. The number of sulfonamides is 1. The average Bonchev–Trinajstić information content (AvgIpc) is 2.75. The molecule has 3 fully saturated rings. The second-order valence-electron chi connectivity index (χ2n) is 7.77. The molecule has 0 radical (unpaired) electrons. The number of ketones is 1. The number of halogens is 1. The first-order valence-electron chi connectivity index (χ1n) is 8.09. The second kappa shape index (κ2) is 5.26. The van der Waals surface area contributed by atoms with E-state index in [2.05, 4.69) is 23.0 Å². The third kappa shape index (κ3) is 2.23. The second-order valence-corrected chi connectivity index (χ2v) is 10.7. The Hall–Kier alpha value is 0.0200. The zero-order chi connectivity index (χ0) is 16.3. The van der Waals surface area contributed by atoms with Crippen molar-refractivity contribution in [1.29, 1.82) is 0 Å². The molecule has 2 aliphatic carbocycles. The average molecular weight is 394 g/mol. The van der Waals surface area contributed by atoms with Crippen molar-refractivity contribution < 1.29 is 18.1 Å². The van der Waals surface area contributed by atoms with Crippen molar-refractivity contribution in [1.82, 2.24) is 4.31 Å². The molecular formula is C15H26BrN2O3S+. The summed E-state index contributed by atoms with van der Waals surface area (Å²) < 4.78 is 27.5. The van der Waals surface area contributed by atoms with E-state index in [0.717, 1.165) is 25.9 Å². The standard InChI is InChI=1S/C15H25BrN2O3S/c1-14-5-4-11(12(16)13(14)19)15(14,2)10-22(20,21)18-8-6-17(3)7-9-18/h11-12H,4-10H2,1-3H3/p+1/t11-,12-,14+,15+/m0/s1. The van der Waals surface area contributed by atoms with Crippen LogP contribution in [0.15, 0.2) is 0 Å². The molecule has 0 spiro atoms. The van der Waals surface area contributed by atoms with E-state index in [1.807, 2.05) is 13.8 Å². The number of hydrogen-bond donors (Lipinski definition) is 1. The van der Waals surface area contributed by atoms with Crippen molar-refractivity contribution in [3.05, 3.63) is 0 Å². The number of fused-ring (bicyclic) bond motifs is 2. The quantitative estimate of drug-likeness (QED) is 0.682. The molecule has 126 valence electrons. The Balaban J connectivity index is 1.85. The van der Waals surface area contributed by atoms with Gasteiger partial charge in [-0.05, 0) is 24.2 Å². The molecule has 0 amide bonds. The maximum atomic E-state index is 12.9. The lowest BCUT2D eigenvalue weighted by Gasteiger charge is -2.38. The van der Waals surface area contributed by atoms with Gasteiger partial charge in [0.05, 0.1) is 43.8 Å². The lowest BCUT2D eigenvalue weighted by molar-refractivity contribution is -0.883. The number of hydrogen-bond acceptors (Lipinski definition) is 3. The Morgan fingerprint density at radius 2 is 1.91 bits per heavy atom. The van der Waals surface area contributed by atoms with Gasteiger partial charge in [-0.2, -0.15) is 4.31 Å². The summed E-state index contributed by atoms with van der Waals surface area (Å²) in [7, 11) is -1.22. The van der Waals surface area contributed by atoms with Crippen LogP contribution in [0, 0.1) is 16.7 Å². The number of piperazine rings is 1. The van der Waals surface area contributed by atoms with Crippen LogP contribution in [0.2, 0.25) is 0 Å². The summed E-state index contributed by atoms with van der Waals surface area (Å²) in [5, 5.41) is 0. The molecule has 2 bridgehead atoms. The lowest BCUT2D eigenvalue weighted by Crippen LogP contribution is -3.12. The molecule has 0 aromatic carbocycles. The third-order valence-electron chi connectivity index (χ3n) is 6.63. The summed E-state index contributed by atoms with van der Waals surface area (Å²) >= 11 is 3.52. The van der Waals surface area contributed by atoms with Gasteiger partial charge in [-0.1, -0.05) is 29.8 Å². The van der Waals surface area contributed by atoms with Gasteiger partial charge in [-0.15, -0.1) is 0 Å². The maximum absolute atomic E-state index is 12.9. The molecule has 4 atom stereocenters. The number of quaternary nitrogens is 1. The van der Waals surface area contributed by atoms with Gasteiger partial charge in [0.25, 0.3) is 0 Å². The molecule has 0 unspecified atom stereocenters. The molecule has 3 aliphatic rings. The largest absolute Gasteiger partial charge is 0.335 e. The highest BCUT2D eigenvalue weighted by Crippen LogP contribution is 2.65. The van der Waals surface area contributed by atoms with Gasteiger partial charge in [0.2, 0.25) is 10.0 Å². The van der Waals surface area contributed by atoms with E-state index < -0.39 is 20.9 Å². The molecule has 2 saturated carbocycles. The van der Waals surface area contributed by atoms with Crippen LogP contribution in [0.25, 0.3) is 0 Å². The Labute approximate surface area is 141 Å². The van der Waals surface area contributed by atoms with Crippen LogP contribution in [0.4, 0.5) is 0 Å². The van der Waals surface area contributed by atoms with E-state index in [-0.39, 0.29) is 22.3 Å². The van der Waals surface area contributed by atoms with Gasteiger partial charge >= 0.3 is 0 Å². The summed E-state index contributed by atoms with van der Waals surface area (Å²) in [5.74, 6) is 0.441. The van der Waals surface area contributed by atoms with Crippen LogP contribution in [0.3, 0.4) is 0 Å². The maximum Gasteiger partial charge on any atom is 0.215 e. The van der Waals surface area contributed by atoms with Gasteiger partial charge < -0.3 is 4.90 Å². The molecule has 0 aromatic heterocycles. The Bertz CT molecular complexity index is 588. The predicted molar refractivity (Wildman–Crippen MR) is 88.6 cm³/mol. The number of carbonyl (C=O) groups is 1. The number of alkyl halides is 1. The first-order chi connectivity index (χ1) is 10.1. The van der Waals surface area contributed by atoms with Crippen LogP contribution in [-0.2, 0) is 14.8 Å².